The van der Waals surface area contributed by atoms with Gasteiger partial charge in [-0.05, 0) is 49.9 Å². The fourth-order valence-corrected chi connectivity index (χ4v) is 5.26. The highest BCUT2D eigenvalue weighted by Gasteiger charge is 2.22. The van der Waals surface area contributed by atoms with E-state index < -0.39 is 0 Å². The standard InChI is InChI=1S/C22H26ClN3OS/c1-13-14(2)28-22-19(13)21(25-20(26-22)16-7-5-4-6-8-16)24-12-15-9-10-18(27-3)17(23)11-15/h9-11,16H,4-8,12H2,1-3H3,(H,24,25,26). The van der Waals surface area contributed by atoms with E-state index in [1.807, 2.05) is 18.2 Å². The minimum atomic E-state index is 0.483. The highest BCUT2D eigenvalue weighted by Crippen LogP contribution is 2.37. The van der Waals surface area contributed by atoms with Gasteiger partial charge in [0.2, 0.25) is 0 Å². The molecular weight excluding hydrogens is 390 g/mol. The summed E-state index contributed by atoms with van der Waals surface area (Å²) in [5.41, 5.74) is 2.37. The molecule has 28 heavy (non-hydrogen) atoms. The van der Waals surface area contributed by atoms with Crippen LogP contribution in [0.15, 0.2) is 18.2 Å². The van der Waals surface area contributed by atoms with Crippen LogP contribution in [0.4, 0.5) is 5.82 Å². The van der Waals surface area contributed by atoms with E-state index in [4.69, 9.17) is 26.3 Å². The molecule has 6 heteroatoms. The summed E-state index contributed by atoms with van der Waals surface area (Å²) < 4.78 is 5.25. The highest BCUT2D eigenvalue weighted by molar-refractivity contribution is 7.18. The normalized spacial score (nSPS) is 15.1. The molecule has 4 nitrogen and oxygen atoms in total. The fourth-order valence-electron chi connectivity index (χ4n) is 3.94. The quantitative estimate of drug-likeness (QED) is 0.508. The van der Waals surface area contributed by atoms with Gasteiger partial charge < -0.3 is 10.1 Å². The van der Waals surface area contributed by atoms with Gasteiger partial charge >= 0.3 is 0 Å². The van der Waals surface area contributed by atoms with Crippen molar-refractivity contribution in [2.75, 3.05) is 12.4 Å². The number of aromatic nitrogens is 2. The molecule has 4 rings (SSSR count). The highest BCUT2D eigenvalue weighted by atomic mass is 35.5. The predicted molar refractivity (Wildman–Crippen MR) is 118 cm³/mol. The second kappa shape index (κ2) is 8.26. The smallest absolute Gasteiger partial charge is 0.139 e. The molecule has 0 bridgehead atoms. The Morgan fingerprint density at radius 1 is 1.18 bits per heavy atom. The van der Waals surface area contributed by atoms with Crippen molar-refractivity contribution < 1.29 is 4.74 Å². The number of nitrogens with zero attached hydrogens (tertiary/aromatic N) is 2. The molecule has 1 aromatic carbocycles. The molecule has 1 aliphatic rings. The van der Waals surface area contributed by atoms with Crippen molar-refractivity contribution >= 4 is 39.0 Å². The number of hydrogen-bond acceptors (Lipinski definition) is 5. The minimum absolute atomic E-state index is 0.483. The monoisotopic (exact) mass is 415 g/mol. The number of hydrogen-bond donors (Lipinski definition) is 1. The molecule has 0 amide bonds. The van der Waals surface area contributed by atoms with Gasteiger partial charge in [0.05, 0.1) is 17.5 Å². The van der Waals surface area contributed by atoms with E-state index in [2.05, 4.69) is 19.2 Å². The largest absolute Gasteiger partial charge is 0.495 e. The van der Waals surface area contributed by atoms with Crippen molar-refractivity contribution in [1.29, 1.82) is 0 Å². The number of ether oxygens (including phenoxy) is 1. The van der Waals surface area contributed by atoms with Crippen molar-refractivity contribution in [3.8, 4) is 5.75 Å². The Kier molecular flexibility index (Phi) is 5.74. The van der Waals surface area contributed by atoms with Crippen LogP contribution in [0.5, 0.6) is 5.75 Å². The van der Waals surface area contributed by atoms with Crippen LogP contribution in [0.25, 0.3) is 10.2 Å². The van der Waals surface area contributed by atoms with Gasteiger partial charge in [-0.2, -0.15) is 0 Å². The molecule has 1 fully saturated rings. The van der Waals surface area contributed by atoms with Crippen molar-refractivity contribution in [2.24, 2.45) is 0 Å². The number of benzene rings is 1. The van der Waals surface area contributed by atoms with E-state index >= 15 is 0 Å². The SMILES string of the molecule is COc1ccc(CNc2nc(C3CCCCC3)nc3sc(C)c(C)c23)cc1Cl. The average molecular weight is 416 g/mol. The second-order valence-electron chi connectivity index (χ2n) is 7.55. The van der Waals surface area contributed by atoms with Crippen LogP contribution < -0.4 is 10.1 Å². The number of nitrogens with one attached hydrogen (secondary N) is 1. The lowest BCUT2D eigenvalue weighted by Gasteiger charge is -2.21. The predicted octanol–water partition coefficient (Wildman–Crippen LogP) is 6.63. The first-order valence-corrected chi connectivity index (χ1v) is 11.1. The van der Waals surface area contributed by atoms with Gasteiger partial charge in [-0.15, -0.1) is 11.3 Å². The maximum atomic E-state index is 6.28. The molecular formula is C22H26ClN3OS. The maximum Gasteiger partial charge on any atom is 0.139 e. The Bertz CT molecular complexity index is 995. The summed E-state index contributed by atoms with van der Waals surface area (Å²) in [4.78, 5) is 12.4. The van der Waals surface area contributed by atoms with Crippen molar-refractivity contribution in [1.82, 2.24) is 9.97 Å². The van der Waals surface area contributed by atoms with Crippen molar-refractivity contribution in [2.45, 2.75) is 58.4 Å². The zero-order valence-electron chi connectivity index (χ0n) is 16.6. The number of methoxy groups -OCH3 is 1. The van der Waals surface area contributed by atoms with Gasteiger partial charge in [-0.1, -0.05) is 36.9 Å². The fraction of sp³-hybridized carbons (Fsp3) is 0.455. The number of thiophene rings is 1. The van der Waals surface area contributed by atoms with Crippen LogP contribution in [0, 0.1) is 13.8 Å². The Hall–Kier alpha value is -1.85. The zero-order chi connectivity index (χ0) is 19.7. The van der Waals surface area contributed by atoms with E-state index in [1.165, 1.54) is 42.5 Å². The lowest BCUT2D eigenvalue weighted by Crippen LogP contribution is -2.11. The Labute approximate surface area is 175 Å². The van der Waals surface area contributed by atoms with Gasteiger partial charge in [-0.3, -0.25) is 0 Å². The summed E-state index contributed by atoms with van der Waals surface area (Å²) in [7, 11) is 1.63. The molecule has 0 saturated heterocycles. The van der Waals surface area contributed by atoms with Crippen LogP contribution in [0.2, 0.25) is 5.02 Å². The first-order chi connectivity index (χ1) is 13.6. The summed E-state index contributed by atoms with van der Waals surface area (Å²) in [6, 6.07) is 5.88. The van der Waals surface area contributed by atoms with Crippen molar-refractivity contribution in [3.63, 3.8) is 0 Å². The first kappa shape index (κ1) is 19.5. The molecule has 0 spiro atoms. The topological polar surface area (TPSA) is 47.0 Å². The van der Waals surface area contributed by atoms with Crippen LogP contribution in [0.1, 0.15) is 59.9 Å². The van der Waals surface area contributed by atoms with E-state index in [1.54, 1.807) is 18.4 Å². The molecule has 0 aliphatic heterocycles. The van der Waals surface area contributed by atoms with Gasteiger partial charge in [0.1, 0.15) is 22.2 Å². The third kappa shape index (κ3) is 3.83. The number of anilines is 1. The van der Waals surface area contributed by atoms with Gasteiger partial charge in [0, 0.05) is 17.3 Å². The lowest BCUT2D eigenvalue weighted by molar-refractivity contribution is 0.415. The molecule has 1 aliphatic carbocycles. The third-order valence-electron chi connectivity index (χ3n) is 5.69. The maximum absolute atomic E-state index is 6.28. The second-order valence-corrected chi connectivity index (χ2v) is 9.16. The number of aryl methyl sites for hydroxylation is 2. The molecule has 2 heterocycles. The molecule has 0 radical (unpaired) electrons. The molecule has 0 atom stereocenters. The van der Waals surface area contributed by atoms with Crippen LogP contribution >= 0.6 is 22.9 Å². The number of halogens is 1. The molecule has 148 valence electrons. The van der Waals surface area contributed by atoms with E-state index in [0.717, 1.165) is 27.4 Å². The molecule has 1 N–H and O–H groups in total. The van der Waals surface area contributed by atoms with Crippen LogP contribution in [-0.4, -0.2) is 17.1 Å². The molecule has 0 unspecified atom stereocenters. The summed E-state index contributed by atoms with van der Waals surface area (Å²) in [6.45, 7) is 4.98. The van der Waals surface area contributed by atoms with Crippen LogP contribution in [-0.2, 0) is 6.54 Å². The van der Waals surface area contributed by atoms with E-state index in [0.29, 0.717) is 23.2 Å². The molecule has 1 saturated carbocycles. The van der Waals surface area contributed by atoms with Gasteiger partial charge in [0.15, 0.2) is 0 Å². The van der Waals surface area contributed by atoms with Gasteiger partial charge in [0.25, 0.3) is 0 Å². The van der Waals surface area contributed by atoms with E-state index in [9.17, 15) is 0 Å². The van der Waals surface area contributed by atoms with Crippen LogP contribution in [0.3, 0.4) is 0 Å². The zero-order valence-corrected chi connectivity index (χ0v) is 18.2. The summed E-state index contributed by atoms with van der Waals surface area (Å²) in [5.74, 6) is 3.12. The third-order valence-corrected chi connectivity index (χ3v) is 7.09. The van der Waals surface area contributed by atoms with Gasteiger partial charge in [-0.25, -0.2) is 9.97 Å². The number of fused-ring (bicyclic) bond motifs is 1. The Balaban J connectivity index is 1.66. The summed E-state index contributed by atoms with van der Waals surface area (Å²) in [6.07, 6.45) is 6.29. The first-order valence-electron chi connectivity index (χ1n) is 9.90. The lowest BCUT2D eigenvalue weighted by atomic mass is 9.88. The molecule has 2 aromatic heterocycles. The Morgan fingerprint density at radius 3 is 2.68 bits per heavy atom. The van der Waals surface area contributed by atoms with E-state index in [-0.39, 0.29) is 0 Å². The molecule has 3 aromatic rings. The average Bonchev–Trinajstić information content (AvgIpc) is 3.00. The van der Waals surface area contributed by atoms with Crippen molar-refractivity contribution in [3.05, 3.63) is 45.1 Å². The Morgan fingerprint density at radius 2 is 1.96 bits per heavy atom. The number of rotatable bonds is 5. The summed E-state index contributed by atoms with van der Waals surface area (Å²) >= 11 is 8.06. The minimum Gasteiger partial charge on any atom is -0.495 e. The summed E-state index contributed by atoms with van der Waals surface area (Å²) in [5, 5.41) is 5.34.